The Labute approximate surface area is 248 Å². The summed E-state index contributed by atoms with van der Waals surface area (Å²) < 4.78 is 41.4. The van der Waals surface area contributed by atoms with Crippen LogP contribution in [0.3, 0.4) is 0 Å². The maximum absolute atomic E-state index is 13.7. The topological polar surface area (TPSA) is 156 Å². The molecule has 0 aliphatic carbocycles. The highest BCUT2D eigenvalue weighted by molar-refractivity contribution is 7.89. The van der Waals surface area contributed by atoms with Crippen LogP contribution in [0, 0.1) is 5.92 Å². The molecule has 1 aliphatic heterocycles. The molecule has 1 aliphatic rings. The van der Waals surface area contributed by atoms with Gasteiger partial charge in [-0.15, -0.1) is 0 Å². The molecule has 13 heteroatoms. The van der Waals surface area contributed by atoms with Crippen LogP contribution in [0.25, 0.3) is 0 Å². The van der Waals surface area contributed by atoms with Gasteiger partial charge in [-0.1, -0.05) is 20.3 Å². The number of aliphatic hydroxyl groups excluding tert-OH is 1. The molecule has 1 saturated heterocycles. The Bertz CT molecular complexity index is 1320. The average molecular weight is 608 g/mol. The average Bonchev–Trinajstić information content (AvgIpc) is 3.25. The second-order valence-electron chi connectivity index (χ2n) is 10.6. The minimum atomic E-state index is -3.90. The monoisotopic (exact) mass is 607 g/mol. The van der Waals surface area contributed by atoms with E-state index < -0.39 is 21.8 Å². The number of nitrogens with two attached hydrogens (primary N) is 1. The summed E-state index contributed by atoms with van der Waals surface area (Å²) >= 11 is 0. The minimum Gasteiger partial charge on any atom is -0.493 e. The summed E-state index contributed by atoms with van der Waals surface area (Å²) in [5, 5.41) is 12.0. The maximum atomic E-state index is 13.7. The van der Waals surface area contributed by atoms with Crippen LogP contribution in [0.5, 0.6) is 5.75 Å². The van der Waals surface area contributed by atoms with Crippen LogP contribution in [-0.4, -0.2) is 98.3 Å². The second-order valence-corrected chi connectivity index (χ2v) is 12.5. The van der Waals surface area contributed by atoms with E-state index in [0.29, 0.717) is 44.8 Å². The highest BCUT2D eigenvalue weighted by atomic mass is 32.2. The number of amides is 2. The number of aryl methyl sites for hydroxylation is 1. The van der Waals surface area contributed by atoms with E-state index in [0.717, 1.165) is 12.8 Å². The smallest absolute Gasteiger partial charge is 0.267 e. The number of aromatic nitrogens is 1. The Balaban J connectivity index is 1.90. The zero-order valence-electron chi connectivity index (χ0n) is 25.1. The molecule has 2 heterocycles. The molecule has 1 fully saturated rings. The van der Waals surface area contributed by atoms with Gasteiger partial charge in [0.05, 0.1) is 29.4 Å². The summed E-state index contributed by atoms with van der Waals surface area (Å²) in [5.41, 5.74) is 6.86. The number of piperazine rings is 1. The Morgan fingerprint density at radius 3 is 2.50 bits per heavy atom. The summed E-state index contributed by atoms with van der Waals surface area (Å²) in [6, 6.07) is 4.22. The molecule has 0 bridgehead atoms. The maximum Gasteiger partial charge on any atom is 0.267 e. The first-order chi connectivity index (χ1) is 20.0. The van der Waals surface area contributed by atoms with E-state index in [1.165, 1.54) is 22.5 Å². The molecule has 3 rings (SSSR count). The van der Waals surface area contributed by atoms with Crippen molar-refractivity contribution in [2.45, 2.75) is 44.9 Å². The minimum absolute atomic E-state index is 0.0103. The molecule has 1 atom stereocenters. The van der Waals surface area contributed by atoms with Gasteiger partial charge in [0.1, 0.15) is 11.4 Å². The number of unbranched alkanes of at least 4 members (excludes halogenated alkanes) is 1. The predicted molar refractivity (Wildman–Crippen MR) is 160 cm³/mol. The molecule has 1 aromatic carbocycles. The Kier molecular flexibility index (Phi) is 12.4. The van der Waals surface area contributed by atoms with Gasteiger partial charge in [-0.2, -0.15) is 4.31 Å². The number of β-amino-alcohol motifs (C(OH)–C–C–N with tert-alkyl or cyclic N) is 1. The number of anilines is 1. The molecular weight excluding hydrogens is 562 g/mol. The summed E-state index contributed by atoms with van der Waals surface area (Å²) in [5.74, 6) is -0.999. The van der Waals surface area contributed by atoms with Crippen molar-refractivity contribution in [1.82, 2.24) is 13.8 Å². The molecule has 1 unspecified atom stereocenters. The third kappa shape index (κ3) is 8.32. The van der Waals surface area contributed by atoms with Gasteiger partial charge in [0.15, 0.2) is 0 Å². The number of primary amides is 1. The van der Waals surface area contributed by atoms with E-state index in [9.17, 15) is 23.1 Å². The van der Waals surface area contributed by atoms with E-state index >= 15 is 0 Å². The van der Waals surface area contributed by atoms with Crippen molar-refractivity contribution in [3.05, 3.63) is 41.2 Å². The fourth-order valence-electron chi connectivity index (χ4n) is 5.04. The standard InChI is InChI=1S/C29H45N5O7S/c1-5-7-16-40-20-21(3)17-22-19-32(4)27(28(30)36)26(22)31-29(37)24-18-23(8-9-25(24)41-6-2)42(38,39)34-12-10-33(11-13-34)14-15-35/h8-9,18-19,21,35H,5-7,10-17,20H2,1-4H3,(H2,30,36)(H,31,37). The summed E-state index contributed by atoms with van der Waals surface area (Å²) in [6.07, 6.45) is 4.30. The largest absolute Gasteiger partial charge is 0.493 e. The second kappa shape index (κ2) is 15.5. The van der Waals surface area contributed by atoms with Crippen LogP contribution < -0.4 is 15.8 Å². The fraction of sp³-hybridized carbons (Fsp3) is 0.586. The summed E-state index contributed by atoms with van der Waals surface area (Å²) in [4.78, 5) is 28.1. The van der Waals surface area contributed by atoms with Crippen molar-refractivity contribution in [3.63, 3.8) is 0 Å². The van der Waals surface area contributed by atoms with Gasteiger partial charge in [-0.3, -0.25) is 14.5 Å². The molecule has 2 aromatic rings. The van der Waals surface area contributed by atoms with Gasteiger partial charge in [-0.05, 0) is 49.4 Å². The third-order valence-corrected chi connectivity index (χ3v) is 9.12. The molecule has 1 aromatic heterocycles. The van der Waals surface area contributed by atoms with Crippen molar-refractivity contribution in [2.75, 3.05) is 64.5 Å². The van der Waals surface area contributed by atoms with Crippen LogP contribution >= 0.6 is 0 Å². The number of rotatable bonds is 16. The molecule has 0 radical (unpaired) electrons. The van der Waals surface area contributed by atoms with E-state index in [1.54, 1.807) is 24.7 Å². The highest BCUT2D eigenvalue weighted by Gasteiger charge is 2.30. The van der Waals surface area contributed by atoms with Gasteiger partial charge in [0.2, 0.25) is 10.0 Å². The lowest BCUT2D eigenvalue weighted by atomic mass is 10.0. The van der Waals surface area contributed by atoms with E-state index in [-0.39, 0.29) is 59.8 Å². The van der Waals surface area contributed by atoms with Crippen LogP contribution in [-0.2, 0) is 28.2 Å². The predicted octanol–water partition coefficient (Wildman–Crippen LogP) is 2.07. The van der Waals surface area contributed by atoms with Gasteiger partial charge in [0, 0.05) is 59.2 Å². The molecule has 0 saturated carbocycles. The number of hydrogen-bond acceptors (Lipinski definition) is 8. The lowest BCUT2D eigenvalue weighted by molar-refractivity contribution is 0.0993. The van der Waals surface area contributed by atoms with Crippen molar-refractivity contribution in [2.24, 2.45) is 18.7 Å². The van der Waals surface area contributed by atoms with Crippen LogP contribution in [0.2, 0.25) is 0 Å². The van der Waals surface area contributed by atoms with Crippen LogP contribution in [0.4, 0.5) is 5.69 Å². The molecule has 42 heavy (non-hydrogen) atoms. The fourth-order valence-corrected chi connectivity index (χ4v) is 6.49. The number of hydrogen-bond donors (Lipinski definition) is 3. The van der Waals surface area contributed by atoms with Crippen molar-refractivity contribution in [1.29, 1.82) is 0 Å². The van der Waals surface area contributed by atoms with E-state index in [4.69, 9.17) is 15.2 Å². The summed E-state index contributed by atoms with van der Waals surface area (Å²) in [7, 11) is -2.22. The van der Waals surface area contributed by atoms with Gasteiger partial charge in [0.25, 0.3) is 11.8 Å². The molecular formula is C29H45N5O7S. The van der Waals surface area contributed by atoms with Gasteiger partial charge >= 0.3 is 0 Å². The molecule has 234 valence electrons. The zero-order chi connectivity index (χ0) is 30.9. The molecule has 2 amide bonds. The number of benzene rings is 1. The van der Waals surface area contributed by atoms with Crippen LogP contribution in [0.15, 0.2) is 29.3 Å². The lowest BCUT2D eigenvalue weighted by Crippen LogP contribution is -2.49. The van der Waals surface area contributed by atoms with Crippen molar-refractivity contribution < 1.29 is 32.6 Å². The Hall–Kier alpha value is -2.97. The Morgan fingerprint density at radius 1 is 1.17 bits per heavy atom. The first-order valence-corrected chi connectivity index (χ1v) is 15.9. The SMILES string of the molecule is CCCCOCC(C)Cc1cn(C)c(C(N)=O)c1NC(=O)c1cc(S(=O)(=O)N2CCN(CCO)CC2)ccc1OCC. The van der Waals surface area contributed by atoms with Gasteiger partial charge in [-0.25, -0.2) is 8.42 Å². The van der Waals surface area contributed by atoms with Gasteiger partial charge < -0.3 is 30.2 Å². The quantitative estimate of drug-likeness (QED) is 0.245. The number of nitrogens with zero attached hydrogens (tertiary/aromatic N) is 3. The molecule has 12 nitrogen and oxygen atoms in total. The normalized spacial score (nSPS) is 15.5. The van der Waals surface area contributed by atoms with E-state index in [2.05, 4.69) is 12.2 Å². The number of aliphatic hydroxyl groups is 1. The van der Waals surface area contributed by atoms with Crippen LogP contribution in [0.1, 0.15) is 60.0 Å². The summed E-state index contributed by atoms with van der Waals surface area (Å²) in [6.45, 7) is 9.38. The molecule has 4 N–H and O–H groups in total. The number of carbonyl (C=O) groups is 2. The number of carbonyl (C=O) groups excluding carboxylic acids is 2. The number of sulfonamides is 1. The third-order valence-electron chi connectivity index (χ3n) is 7.23. The zero-order valence-corrected chi connectivity index (χ0v) is 25.9. The number of ether oxygens (including phenoxy) is 2. The first kappa shape index (κ1) is 33.5. The first-order valence-electron chi connectivity index (χ1n) is 14.5. The van der Waals surface area contributed by atoms with E-state index in [1.807, 2.05) is 11.8 Å². The highest BCUT2D eigenvalue weighted by Crippen LogP contribution is 2.30. The van der Waals surface area contributed by atoms with Crippen molar-refractivity contribution >= 4 is 27.5 Å². The number of nitrogens with one attached hydrogen (secondary N) is 1. The van der Waals surface area contributed by atoms with Crippen molar-refractivity contribution in [3.8, 4) is 5.75 Å². The molecule has 0 spiro atoms. The Morgan fingerprint density at radius 2 is 1.88 bits per heavy atom. The lowest BCUT2D eigenvalue weighted by Gasteiger charge is -2.33.